The van der Waals surface area contributed by atoms with Gasteiger partial charge in [0.05, 0.1) is 6.04 Å². The molecule has 0 aromatic carbocycles. The van der Waals surface area contributed by atoms with Crippen molar-refractivity contribution in [3.8, 4) is 0 Å². The highest BCUT2D eigenvalue weighted by Gasteiger charge is 2.42. The minimum Gasteiger partial charge on any atom is -0.344 e. The third-order valence-corrected chi connectivity index (χ3v) is 4.61. The van der Waals surface area contributed by atoms with E-state index >= 15 is 0 Å². The van der Waals surface area contributed by atoms with Crippen LogP contribution in [0.5, 0.6) is 0 Å². The summed E-state index contributed by atoms with van der Waals surface area (Å²) in [5.74, 6) is 1.07. The van der Waals surface area contributed by atoms with Crippen LogP contribution in [0.1, 0.15) is 33.1 Å². The van der Waals surface area contributed by atoms with Gasteiger partial charge in [0.2, 0.25) is 11.8 Å². The van der Waals surface area contributed by atoms with E-state index in [-0.39, 0.29) is 17.9 Å². The molecule has 2 N–H and O–H groups in total. The van der Waals surface area contributed by atoms with Crippen molar-refractivity contribution in [2.24, 2.45) is 11.8 Å². The van der Waals surface area contributed by atoms with E-state index in [1.165, 1.54) is 12.8 Å². The van der Waals surface area contributed by atoms with Gasteiger partial charge in [-0.15, -0.1) is 0 Å². The number of likely N-dealkylation sites (N-methyl/N-ethyl adjacent to an activating group) is 1. The zero-order valence-corrected chi connectivity index (χ0v) is 12.1. The highest BCUT2D eigenvalue weighted by Crippen LogP contribution is 2.37. The summed E-state index contributed by atoms with van der Waals surface area (Å²) in [5.41, 5.74) is 0. The fraction of sp³-hybridized carbons (Fsp3) is 0.857. The number of fused-ring (bicyclic) bond motifs is 1. The van der Waals surface area contributed by atoms with Crippen LogP contribution in [0.25, 0.3) is 0 Å². The van der Waals surface area contributed by atoms with Crippen LogP contribution < -0.4 is 10.6 Å². The molecular formula is C14H25N3O2. The molecule has 108 valence electrons. The predicted octanol–water partition coefficient (Wildman–Crippen LogP) is 0.358. The second-order valence-corrected chi connectivity index (χ2v) is 5.82. The van der Waals surface area contributed by atoms with Gasteiger partial charge in [0.25, 0.3) is 0 Å². The molecule has 5 nitrogen and oxygen atoms in total. The van der Waals surface area contributed by atoms with Gasteiger partial charge in [-0.25, -0.2) is 0 Å². The van der Waals surface area contributed by atoms with Gasteiger partial charge < -0.3 is 15.5 Å². The predicted molar refractivity (Wildman–Crippen MR) is 73.5 cm³/mol. The quantitative estimate of drug-likeness (QED) is 0.773. The molecule has 1 saturated carbocycles. The van der Waals surface area contributed by atoms with E-state index in [0.29, 0.717) is 18.4 Å². The van der Waals surface area contributed by atoms with Crippen molar-refractivity contribution in [1.82, 2.24) is 15.5 Å². The fourth-order valence-corrected chi connectivity index (χ4v) is 3.33. The van der Waals surface area contributed by atoms with Crippen LogP contribution in [0.2, 0.25) is 0 Å². The molecule has 4 unspecified atom stereocenters. The minimum absolute atomic E-state index is 0.0141. The topological polar surface area (TPSA) is 61.4 Å². The highest BCUT2D eigenvalue weighted by atomic mass is 16.2. The van der Waals surface area contributed by atoms with Crippen LogP contribution in [0, 0.1) is 11.8 Å². The number of nitrogens with zero attached hydrogens (tertiary/aromatic N) is 1. The zero-order valence-electron chi connectivity index (χ0n) is 12.1. The largest absolute Gasteiger partial charge is 0.344 e. The van der Waals surface area contributed by atoms with Crippen molar-refractivity contribution in [1.29, 1.82) is 0 Å². The first-order valence-electron chi connectivity index (χ1n) is 7.33. The van der Waals surface area contributed by atoms with Gasteiger partial charge >= 0.3 is 0 Å². The van der Waals surface area contributed by atoms with Crippen LogP contribution in [0.15, 0.2) is 0 Å². The lowest BCUT2D eigenvalue weighted by molar-refractivity contribution is -0.135. The maximum atomic E-state index is 12.3. The van der Waals surface area contributed by atoms with Gasteiger partial charge in [0.1, 0.15) is 6.04 Å². The molecular weight excluding hydrogens is 242 g/mol. The zero-order chi connectivity index (χ0) is 14.0. The Hall–Kier alpha value is -1.10. The molecule has 0 aromatic rings. The van der Waals surface area contributed by atoms with Crippen molar-refractivity contribution >= 4 is 11.8 Å². The van der Waals surface area contributed by atoms with Gasteiger partial charge in [0.15, 0.2) is 0 Å². The summed E-state index contributed by atoms with van der Waals surface area (Å²) in [6.07, 6.45) is 3.59. The van der Waals surface area contributed by atoms with E-state index in [2.05, 4.69) is 10.6 Å². The summed E-state index contributed by atoms with van der Waals surface area (Å²) in [5, 5.41) is 6.17. The third-order valence-electron chi connectivity index (χ3n) is 4.61. The molecule has 0 spiro atoms. The van der Waals surface area contributed by atoms with Crippen LogP contribution >= 0.6 is 0 Å². The summed E-state index contributed by atoms with van der Waals surface area (Å²) >= 11 is 0. The number of hydrogen-bond acceptors (Lipinski definition) is 3. The monoisotopic (exact) mass is 267 g/mol. The first-order chi connectivity index (χ1) is 9.04. The van der Waals surface area contributed by atoms with E-state index in [0.717, 1.165) is 13.0 Å². The normalized spacial score (nSPS) is 30.8. The molecule has 5 heteroatoms. The molecule has 19 heavy (non-hydrogen) atoms. The number of amides is 2. The van der Waals surface area contributed by atoms with E-state index < -0.39 is 6.04 Å². The van der Waals surface area contributed by atoms with E-state index in [1.54, 1.807) is 18.9 Å². The molecule has 4 atom stereocenters. The van der Waals surface area contributed by atoms with Crippen molar-refractivity contribution in [3.05, 3.63) is 0 Å². The Labute approximate surface area is 115 Å². The lowest BCUT2D eigenvalue weighted by Gasteiger charge is -2.23. The van der Waals surface area contributed by atoms with Crippen molar-refractivity contribution in [2.45, 2.75) is 45.2 Å². The highest BCUT2D eigenvalue weighted by molar-refractivity contribution is 5.89. The van der Waals surface area contributed by atoms with E-state index in [4.69, 9.17) is 0 Å². The van der Waals surface area contributed by atoms with Gasteiger partial charge in [-0.05, 0) is 45.1 Å². The number of rotatable bonds is 4. The first kappa shape index (κ1) is 14.3. The SMILES string of the molecule is CCN(C)C(=O)C(C)NC(=O)C1NCC2CCCC21. The van der Waals surface area contributed by atoms with Crippen molar-refractivity contribution in [3.63, 3.8) is 0 Å². The summed E-state index contributed by atoms with van der Waals surface area (Å²) in [6.45, 7) is 5.28. The Bertz CT molecular complexity index is 359. The Morgan fingerprint density at radius 1 is 1.42 bits per heavy atom. The number of carbonyl (C=O) groups excluding carboxylic acids is 2. The van der Waals surface area contributed by atoms with E-state index in [1.807, 2.05) is 6.92 Å². The van der Waals surface area contributed by atoms with Crippen molar-refractivity contribution < 1.29 is 9.59 Å². The van der Waals surface area contributed by atoms with Gasteiger partial charge in [0, 0.05) is 13.6 Å². The van der Waals surface area contributed by atoms with Gasteiger partial charge in [-0.3, -0.25) is 9.59 Å². The molecule has 0 bridgehead atoms. The first-order valence-corrected chi connectivity index (χ1v) is 7.33. The molecule has 0 radical (unpaired) electrons. The summed E-state index contributed by atoms with van der Waals surface area (Å²) < 4.78 is 0. The summed E-state index contributed by atoms with van der Waals surface area (Å²) in [6, 6.07) is -0.547. The maximum Gasteiger partial charge on any atom is 0.244 e. The number of nitrogens with one attached hydrogen (secondary N) is 2. The lowest BCUT2D eigenvalue weighted by atomic mass is 9.93. The molecule has 1 saturated heterocycles. The Kier molecular flexibility index (Phi) is 4.45. The summed E-state index contributed by atoms with van der Waals surface area (Å²) in [4.78, 5) is 25.8. The smallest absolute Gasteiger partial charge is 0.244 e. The van der Waals surface area contributed by atoms with Crippen molar-refractivity contribution in [2.75, 3.05) is 20.1 Å². The van der Waals surface area contributed by atoms with E-state index in [9.17, 15) is 9.59 Å². The molecule has 1 aliphatic heterocycles. The average molecular weight is 267 g/mol. The molecule has 2 aliphatic rings. The lowest BCUT2D eigenvalue weighted by Crippen LogP contribution is -2.51. The number of hydrogen-bond donors (Lipinski definition) is 2. The maximum absolute atomic E-state index is 12.3. The molecule has 0 aromatic heterocycles. The average Bonchev–Trinajstić information content (AvgIpc) is 2.98. The molecule has 2 rings (SSSR count). The Morgan fingerprint density at radius 3 is 2.84 bits per heavy atom. The second-order valence-electron chi connectivity index (χ2n) is 5.82. The third kappa shape index (κ3) is 2.91. The molecule has 2 fully saturated rings. The molecule has 2 amide bonds. The Morgan fingerprint density at radius 2 is 2.16 bits per heavy atom. The molecule has 1 heterocycles. The Balaban J connectivity index is 1.89. The minimum atomic E-state index is -0.445. The molecule has 1 aliphatic carbocycles. The van der Waals surface area contributed by atoms with Crippen LogP contribution in [0.4, 0.5) is 0 Å². The van der Waals surface area contributed by atoms with Crippen LogP contribution in [-0.2, 0) is 9.59 Å². The standard InChI is InChI=1S/C14H25N3O2/c1-4-17(3)14(19)9(2)16-13(18)12-11-7-5-6-10(11)8-15-12/h9-12,15H,4-8H2,1-3H3,(H,16,18). The van der Waals surface area contributed by atoms with Crippen LogP contribution in [-0.4, -0.2) is 48.9 Å². The number of carbonyl (C=O) groups is 2. The summed E-state index contributed by atoms with van der Waals surface area (Å²) in [7, 11) is 1.76. The van der Waals surface area contributed by atoms with Crippen LogP contribution in [0.3, 0.4) is 0 Å². The van der Waals surface area contributed by atoms with Gasteiger partial charge in [-0.1, -0.05) is 6.42 Å². The van der Waals surface area contributed by atoms with Gasteiger partial charge in [-0.2, -0.15) is 0 Å². The fourth-order valence-electron chi connectivity index (χ4n) is 3.33. The second kappa shape index (κ2) is 5.90.